The molecular formula is C23H29FN2O2. The predicted molar refractivity (Wildman–Crippen MR) is 110 cm³/mol. The van der Waals surface area contributed by atoms with Crippen molar-refractivity contribution in [2.75, 3.05) is 4.90 Å². The Kier molecular flexibility index (Phi) is 7.73. The summed E-state index contributed by atoms with van der Waals surface area (Å²) in [5.74, 6) is -0.137. The average molecular weight is 384 g/mol. The van der Waals surface area contributed by atoms with E-state index in [0.717, 1.165) is 16.8 Å². The number of benzene rings is 2. The summed E-state index contributed by atoms with van der Waals surface area (Å²) in [6, 6.07) is 13.8. The number of nitrogens with zero attached hydrogens (tertiary/aromatic N) is 1. The highest BCUT2D eigenvalue weighted by Gasteiger charge is 2.18. The van der Waals surface area contributed by atoms with Gasteiger partial charge in [0.1, 0.15) is 5.82 Å². The van der Waals surface area contributed by atoms with Crippen molar-refractivity contribution in [3.05, 3.63) is 65.5 Å². The monoisotopic (exact) mass is 384 g/mol. The van der Waals surface area contributed by atoms with Crippen LogP contribution in [0.25, 0.3) is 0 Å². The number of anilines is 1. The highest BCUT2D eigenvalue weighted by Crippen LogP contribution is 2.21. The van der Waals surface area contributed by atoms with E-state index < -0.39 is 0 Å². The van der Waals surface area contributed by atoms with Gasteiger partial charge in [0.05, 0.1) is 13.0 Å². The number of hydrogen-bond acceptors (Lipinski definition) is 2. The largest absolute Gasteiger partial charge is 0.354 e. The second kappa shape index (κ2) is 10.0. The summed E-state index contributed by atoms with van der Waals surface area (Å²) in [7, 11) is 0. The quantitative estimate of drug-likeness (QED) is 0.730. The van der Waals surface area contributed by atoms with Gasteiger partial charge in [-0.15, -0.1) is 0 Å². The van der Waals surface area contributed by atoms with Gasteiger partial charge in [-0.2, -0.15) is 0 Å². The lowest BCUT2D eigenvalue weighted by molar-refractivity contribution is -0.121. The van der Waals surface area contributed by atoms with Crippen molar-refractivity contribution in [3.63, 3.8) is 0 Å². The molecule has 0 saturated heterocycles. The van der Waals surface area contributed by atoms with Crippen LogP contribution in [0.2, 0.25) is 0 Å². The number of hydrogen-bond donors (Lipinski definition) is 1. The standard InChI is InChI=1S/C23H29FN2O2/c1-16(2)12-23(28)26(15-19-6-5-7-20(24)13-19)21-10-8-18(9-11-21)14-22(27)25-17(3)4/h5-11,13,16-17H,12,14-15H2,1-4H3,(H,25,27). The number of rotatable bonds is 8. The Morgan fingerprint density at radius 1 is 1.00 bits per heavy atom. The Labute approximate surface area is 166 Å². The molecule has 2 rings (SSSR count). The molecule has 5 heteroatoms. The summed E-state index contributed by atoms with van der Waals surface area (Å²) in [4.78, 5) is 26.4. The lowest BCUT2D eigenvalue weighted by atomic mass is 10.1. The number of amides is 2. The van der Waals surface area contributed by atoms with Crippen molar-refractivity contribution in [2.24, 2.45) is 5.92 Å². The molecule has 0 radical (unpaired) electrons. The molecule has 0 atom stereocenters. The molecule has 2 amide bonds. The highest BCUT2D eigenvalue weighted by molar-refractivity contribution is 5.93. The molecule has 0 aliphatic carbocycles. The maximum atomic E-state index is 13.6. The number of nitrogens with one attached hydrogen (secondary N) is 1. The Morgan fingerprint density at radius 3 is 2.25 bits per heavy atom. The minimum absolute atomic E-state index is 0.00966. The molecule has 150 valence electrons. The second-order valence-electron chi connectivity index (χ2n) is 7.77. The van der Waals surface area contributed by atoms with E-state index in [1.54, 1.807) is 11.0 Å². The van der Waals surface area contributed by atoms with Gasteiger partial charge in [0.2, 0.25) is 11.8 Å². The highest BCUT2D eigenvalue weighted by atomic mass is 19.1. The zero-order chi connectivity index (χ0) is 20.7. The number of halogens is 1. The van der Waals surface area contributed by atoms with Crippen molar-refractivity contribution in [2.45, 2.75) is 53.1 Å². The lowest BCUT2D eigenvalue weighted by Gasteiger charge is -2.24. The van der Waals surface area contributed by atoms with E-state index in [9.17, 15) is 14.0 Å². The van der Waals surface area contributed by atoms with Crippen LogP contribution in [0.3, 0.4) is 0 Å². The SMILES string of the molecule is CC(C)CC(=O)N(Cc1cccc(F)c1)c1ccc(CC(=O)NC(C)C)cc1. The molecular weight excluding hydrogens is 355 g/mol. The van der Waals surface area contributed by atoms with E-state index in [1.807, 2.05) is 58.0 Å². The maximum Gasteiger partial charge on any atom is 0.227 e. The Bertz CT molecular complexity index is 801. The van der Waals surface area contributed by atoms with Gasteiger partial charge in [-0.05, 0) is 55.2 Å². The fourth-order valence-electron chi connectivity index (χ4n) is 2.95. The summed E-state index contributed by atoms with van der Waals surface area (Å²) >= 11 is 0. The lowest BCUT2D eigenvalue weighted by Crippen LogP contribution is -2.32. The van der Waals surface area contributed by atoms with Crippen molar-refractivity contribution in [1.82, 2.24) is 5.32 Å². The first-order valence-electron chi connectivity index (χ1n) is 9.67. The Morgan fingerprint density at radius 2 is 1.68 bits per heavy atom. The predicted octanol–water partition coefficient (Wildman–Crippen LogP) is 4.47. The van der Waals surface area contributed by atoms with Gasteiger partial charge < -0.3 is 10.2 Å². The van der Waals surface area contributed by atoms with E-state index in [4.69, 9.17) is 0 Å². The molecule has 2 aromatic carbocycles. The molecule has 28 heavy (non-hydrogen) atoms. The Hall–Kier alpha value is -2.69. The summed E-state index contributed by atoms with van der Waals surface area (Å²) in [6.45, 7) is 8.14. The van der Waals surface area contributed by atoms with Crippen molar-refractivity contribution in [1.29, 1.82) is 0 Å². The minimum atomic E-state index is -0.319. The van der Waals surface area contributed by atoms with Gasteiger partial charge >= 0.3 is 0 Å². The third-order valence-corrected chi connectivity index (χ3v) is 4.18. The number of carbonyl (C=O) groups excluding carboxylic acids is 2. The van der Waals surface area contributed by atoms with Crippen molar-refractivity contribution < 1.29 is 14.0 Å². The molecule has 0 aromatic heterocycles. The molecule has 0 bridgehead atoms. The minimum Gasteiger partial charge on any atom is -0.354 e. The van der Waals surface area contributed by atoms with Crippen LogP contribution in [0.1, 0.15) is 45.2 Å². The van der Waals surface area contributed by atoms with Gasteiger partial charge in [-0.1, -0.05) is 38.1 Å². The molecule has 0 heterocycles. The zero-order valence-electron chi connectivity index (χ0n) is 17.0. The van der Waals surface area contributed by atoms with Crippen LogP contribution in [0.5, 0.6) is 0 Å². The van der Waals surface area contributed by atoms with Crippen LogP contribution in [0, 0.1) is 11.7 Å². The average Bonchev–Trinajstić information content (AvgIpc) is 2.59. The summed E-state index contributed by atoms with van der Waals surface area (Å²) < 4.78 is 13.6. The summed E-state index contributed by atoms with van der Waals surface area (Å²) in [6.07, 6.45) is 0.705. The zero-order valence-corrected chi connectivity index (χ0v) is 17.0. The van der Waals surface area contributed by atoms with E-state index >= 15 is 0 Å². The van der Waals surface area contributed by atoms with Crippen LogP contribution < -0.4 is 10.2 Å². The fraction of sp³-hybridized carbons (Fsp3) is 0.391. The summed E-state index contributed by atoms with van der Waals surface area (Å²) in [5, 5.41) is 2.87. The first kappa shape index (κ1) is 21.6. The number of carbonyl (C=O) groups is 2. The smallest absolute Gasteiger partial charge is 0.227 e. The first-order chi connectivity index (χ1) is 13.2. The molecule has 2 aromatic rings. The Balaban J connectivity index is 2.20. The third kappa shape index (κ3) is 6.80. The van der Waals surface area contributed by atoms with Crippen LogP contribution in [0.15, 0.2) is 48.5 Å². The third-order valence-electron chi connectivity index (χ3n) is 4.18. The molecule has 0 unspecified atom stereocenters. The molecule has 0 aliphatic heterocycles. The molecule has 0 fully saturated rings. The van der Waals surface area contributed by atoms with Crippen LogP contribution in [0.4, 0.5) is 10.1 Å². The van der Waals surface area contributed by atoms with Gasteiger partial charge in [0, 0.05) is 18.2 Å². The summed E-state index contributed by atoms with van der Waals surface area (Å²) in [5.41, 5.74) is 2.35. The van der Waals surface area contributed by atoms with E-state index in [1.165, 1.54) is 12.1 Å². The first-order valence-corrected chi connectivity index (χ1v) is 9.67. The van der Waals surface area contributed by atoms with Gasteiger partial charge in [-0.3, -0.25) is 9.59 Å². The molecule has 0 spiro atoms. The topological polar surface area (TPSA) is 49.4 Å². The van der Waals surface area contributed by atoms with E-state index in [2.05, 4.69) is 5.32 Å². The second-order valence-corrected chi connectivity index (χ2v) is 7.77. The molecule has 1 N–H and O–H groups in total. The van der Waals surface area contributed by atoms with Crippen molar-refractivity contribution >= 4 is 17.5 Å². The molecule has 4 nitrogen and oxygen atoms in total. The van der Waals surface area contributed by atoms with E-state index in [0.29, 0.717) is 19.4 Å². The van der Waals surface area contributed by atoms with Crippen molar-refractivity contribution in [3.8, 4) is 0 Å². The van der Waals surface area contributed by atoms with Gasteiger partial charge in [0.25, 0.3) is 0 Å². The van der Waals surface area contributed by atoms with Gasteiger partial charge in [0.15, 0.2) is 0 Å². The normalized spacial score (nSPS) is 11.0. The van der Waals surface area contributed by atoms with Crippen LogP contribution >= 0.6 is 0 Å². The van der Waals surface area contributed by atoms with Crippen LogP contribution in [-0.4, -0.2) is 17.9 Å². The van der Waals surface area contributed by atoms with Gasteiger partial charge in [-0.25, -0.2) is 4.39 Å². The fourth-order valence-corrected chi connectivity index (χ4v) is 2.95. The van der Waals surface area contributed by atoms with E-state index in [-0.39, 0.29) is 29.6 Å². The molecule has 0 aliphatic rings. The maximum absolute atomic E-state index is 13.6. The molecule has 0 saturated carbocycles. The van der Waals surface area contributed by atoms with Crippen LogP contribution in [-0.2, 0) is 22.6 Å².